The lowest BCUT2D eigenvalue weighted by molar-refractivity contribution is -0.120. The Morgan fingerprint density at radius 3 is 2.42 bits per heavy atom. The van der Waals surface area contributed by atoms with Crippen LogP contribution in [0, 0.1) is 5.92 Å². The molecule has 0 heterocycles. The summed E-state index contributed by atoms with van der Waals surface area (Å²) in [4.78, 5) is 12.2. The number of hydrogen-bond acceptors (Lipinski definition) is 3. The topological polar surface area (TPSA) is 63.2 Å². The molecule has 1 aromatic rings. The van der Waals surface area contributed by atoms with Crippen molar-refractivity contribution in [2.45, 2.75) is 24.2 Å². The lowest BCUT2D eigenvalue weighted by Crippen LogP contribution is -2.23. The Bertz CT molecular complexity index is 588. The van der Waals surface area contributed by atoms with Gasteiger partial charge >= 0.3 is 0 Å². The molecule has 1 atom stereocenters. The number of allylic oxidation sites excluding steroid dienone is 2. The largest absolute Gasteiger partial charge is 0.326 e. The van der Waals surface area contributed by atoms with E-state index < -0.39 is 9.84 Å². The fraction of sp³-hybridized carbons (Fsp3) is 0.357. The molecule has 102 valence electrons. The van der Waals surface area contributed by atoms with Crippen molar-refractivity contribution in [1.82, 2.24) is 0 Å². The molecule has 5 heteroatoms. The van der Waals surface area contributed by atoms with Crippen LogP contribution in [0.25, 0.3) is 0 Å². The van der Waals surface area contributed by atoms with E-state index in [0.29, 0.717) is 5.69 Å². The fourth-order valence-corrected chi connectivity index (χ4v) is 2.69. The Morgan fingerprint density at radius 1 is 1.21 bits per heavy atom. The number of carbonyl (C=O) groups is 1. The Hall–Kier alpha value is -1.62. The quantitative estimate of drug-likeness (QED) is 0.864. The highest BCUT2D eigenvalue weighted by molar-refractivity contribution is 7.90. The normalized spacial score (nSPS) is 19.1. The van der Waals surface area contributed by atoms with Gasteiger partial charge in [-0.1, -0.05) is 12.2 Å². The molecule has 0 unspecified atom stereocenters. The smallest absolute Gasteiger partial charge is 0.227 e. The molecule has 4 nitrogen and oxygen atoms in total. The number of sulfone groups is 1. The van der Waals surface area contributed by atoms with Gasteiger partial charge in [-0.2, -0.15) is 0 Å². The second-order valence-electron chi connectivity index (χ2n) is 4.77. The first-order valence-electron chi connectivity index (χ1n) is 6.23. The zero-order valence-electron chi connectivity index (χ0n) is 10.8. The standard InChI is InChI=1S/C14H17NO3S/c1-19(17,18)13-9-7-12(8-10-13)15-14(16)11-5-3-2-4-6-11/h2-3,7-11H,4-6H2,1H3,(H,15,16)/t11-/m1/s1. The summed E-state index contributed by atoms with van der Waals surface area (Å²) in [5.41, 5.74) is 0.631. The maximum absolute atomic E-state index is 12.0. The second-order valence-corrected chi connectivity index (χ2v) is 6.78. The highest BCUT2D eigenvalue weighted by Gasteiger charge is 2.18. The third-order valence-electron chi connectivity index (χ3n) is 3.19. The summed E-state index contributed by atoms with van der Waals surface area (Å²) in [5.74, 6) is 0.0102. The summed E-state index contributed by atoms with van der Waals surface area (Å²) in [7, 11) is -3.19. The van der Waals surface area contributed by atoms with Gasteiger partial charge in [0.2, 0.25) is 5.91 Å². The number of nitrogens with one attached hydrogen (secondary N) is 1. The molecule has 0 saturated carbocycles. The molecule has 0 fully saturated rings. The minimum atomic E-state index is -3.19. The lowest BCUT2D eigenvalue weighted by atomic mass is 9.93. The van der Waals surface area contributed by atoms with Crippen LogP contribution in [-0.4, -0.2) is 20.6 Å². The zero-order valence-corrected chi connectivity index (χ0v) is 11.6. The van der Waals surface area contributed by atoms with Gasteiger partial charge in [0, 0.05) is 17.9 Å². The molecule has 1 aliphatic rings. The summed E-state index contributed by atoms with van der Waals surface area (Å²) in [6.07, 6.45) is 7.85. The number of hydrogen-bond donors (Lipinski definition) is 1. The lowest BCUT2D eigenvalue weighted by Gasteiger charge is -2.17. The van der Waals surface area contributed by atoms with E-state index >= 15 is 0 Å². The average Bonchev–Trinajstić information content (AvgIpc) is 2.39. The maximum atomic E-state index is 12.0. The fourth-order valence-electron chi connectivity index (χ4n) is 2.06. The molecule has 0 bridgehead atoms. The van der Waals surface area contributed by atoms with E-state index in [2.05, 4.69) is 11.4 Å². The van der Waals surface area contributed by atoms with Crippen molar-refractivity contribution in [2.75, 3.05) is 11.6 Å². The molecule has 2 rings (SSSR count). The molecule has 1 amide bonds. The summed E-state index contributed by atoms with van der Waals surface area (Å²) in [6.45, 7) is 0. The first-order valence-corrected chi connectivity index (χ1v) is 8.12. The van der Waals surface area contributed by atoms with E-state index in [1.807, 2.05) is 6.08 Å². The van der Waals surface area contributed by atoms with Crippen LogP contribution in [-0.2, 0) is 14.6 Å². The van der Waals surface area contributed by atoms with Gasteiger partial charge in [0.1, 0.15) is 0 Å². The number of carbonyl (C=O) groups excluding carboxylic acids is 1. The molecule has 0 aliphatic heterocycles. The van der Waals surface area contributed by atoms with E-state index in [1.165, 1.54) is 12.1 Å². The SMILES string of the molecule is CS(=O)(=O)c1ccc(NC(=O)[C@@H]2CC=CCC2)cc1. The van der Waals surface area contributed by atoms with Crippen molar-refractivity contribution in [2.24, 2.45) is 5.92 Å². The van der Waals surface area contributed by atoms with Crippen LogP contribution in [0.5, 0.6) is 0 Å². The van der Waals surface area contributed by atoms with Crippen LogP contribution in [0.3, 0.4) is 0 Å². The number of amides is 1. The van der Waals surface area contributed by atoms with Gasteiger partial charge in [0.25, 0.3) is 0 Å². The highest BCUT2D eigenvalue weighted by atomic mass is 32.2. The summed E-state index contributed by atoms with van der Waals surface area (Å²) < 4.78 is 22.6. The van der Waals surface area contributed by atoms with E-state index in [1.54, 1.807) is 12.1 Å². The van der Waals surface area contributed by atoms with E-state index in [9.17, 15) is 13.2 Å². The zero-order chi connectivity index (χ0) is 13.9. The van der Waals surface area contributed by atoms with Gasteiger partial charge in [-0.25, -0.2) is 8.42 Å². The monoisotopic (exact) mass is 279 g/mol. The van der Waals surface area contributed by atoms with Crippen molar-refractivity contribution in [3.8, 4) is 0 Å². The van der Waals surface area contributed by atoms with E-state index in [4.69, 9.17) is 0 Å². The van der Waals surface area contributed by atoms with Crippen LogP contribution in [0.4, 0.5) is 5.69 Å². The van der Waals surface area contributed by atoms with Crippen molar-refractivity contribution in [3.63, 3.8) is 0 Å². The Morgan fingerprint density at radius 2 is 1.89 bits per heavy atom. The molecule has 0 radical (unpaired) electrons. The summed E-state index contributed by atoms with van der Waals surface area (Å²) in [5, 5.41) is 2.82. The van der Waals surface area contributed by atoms with E-state index in [-0.39, 0.29) is 16.7 Å². The summed E-state index contributed by atoms with van der Waals surface area (Å²) >= 11 is 0. The van der Waals surface area contributed by atoms with Crippen LogP contribution < -0.4 is 5.32 Å². The number of benzene rings is 1. The molecule has 0 aromatic heterocycles. The third-order valence-corrected chi connectivity index (χ3v) is 4.32. The molecule has 1 aromatic carbocycles. The molecule has 0 saturated heterocycles. The van der Waals surface area contributed by atoms with Crippen molar-refractivity contribution in [3.05, 3.63) is 36.4 Å². The van der Waals surface area contributed by atoms with Gasteiger partial charge in [-0.05, 0) is 43.5 Å². The molecule has 1 N–H and O–H groups in total. The van der Waals surface area contributed by atoms with Crippen LogP contribution in [0.15, 0.2) is 41.3 Å². The Balaban J connectivity index is 2.03. The van der Waals surface area contributed by atoms with Gasteiger partial charge in [0.15, 0.2) is 9.84 Å². The maximum Gasteiger partial charge on any atom is 0.227 e. The molecule has 19 heavy (non-hydrogen) atoms. The van der Waals surface area contributed by atoms with Crippen LogP contribution >= 0.6 is 0 Å². The first-order chi connectivity index (χ1) is 8.97. The van der Waals surface area contributed by atoms with Crippen LogP contribution in [0.2, 0.25) is 0 Å². The summed E-state index contributed by atoms with van der Waals surface area (Å²) in [6, 6.07) is 6.25. The van der Waals surface area contributed by atoms with Gasteiger partial charge in [-0.3, -0.25) is 4.79 Å². The van der Waals surface area contributed by atoms with Gasteiger partial charge in [-0.15, -0.1) is 0 Å². The third kappa shape index (κ3) is 3.67. The molecule has 0 spiro atoms. The predicted molar refractivity (Wildman–Crippen MR) is 74.7 cm³/mol. The average molecular weight is 279 g/mol. The van der Waals surface area contributed by atoms with Crippen molar-refractivity contribution < 1.29 is 13.2 Å². The second kappa shape index (κ2) is 5.57. The minimum absolute atomic E-state index is 0.00328. The Labute approximate surface area is 113 Å². The number of rotatable bonds is 3. The molecular weight excluding hydrogens is 262 g/mol. The Kier molecular flexibility index (Phi) is 4.04. The minimum Gasteiger partial charge on any atom is -0.326 e. The highest BCUT2D eigenvalue weighted by Crippen LogP contribution is 2.21. The first kappa shape index (κ1) is 13.8. The van der Waals surface area contributed by atoms with E-state index in [0.717, 1.165) is 25.5 Å². The van der Waals surface area contributed by atoms with Gasteiger partial charge < -0.3 is 5.32 Å². The van der Waals surface area contributed by atoms with Crippen molar-refractivity contribution >= 4 is 21.4 Å². The molecular formula is C14H17NO3S. The van der Waals surface area contributed by atoms with Crippen molar-refractivity contribution in [1.29, 1.82) is 0 Å². The number of anilines is 1. The predicted octanol–water partition coefficient (Wildman–Crippen LogP) is 2.38. The van der Waals surface area contributed by atoms with Crippen LogP contribution in [0.1, 0.15) is 19.3 Å². The molecule has 1 aliphatic carbocycles. The van der Waals surface area contributed by atoms with Gasteiger partial charge in [0.05, 0.1) is 4.90 Å².